The molecule has 1 aliphatic heterocycles. The Hall–Kier alpha value is -2.11. The second kappa shape index (κ2) is 9.55. The van der Waals surface area contributed by atoms with Crippen molar-refractivity contribution in [3.8, 4) is 0 Å². The minimum absolute atomic E-state index is 0.0648. The Labute approximate surface area is 155 Å². The minimum atomic E-state index is 0.0648. The average molecular weight is 356 g/mol. The van der Waals surface area contributed by atoms with E-state index in [1.165, 1.54) is 11.1 Å². The number of carbonyl (C=O) groups excluding carboxylic acids is 1. The van der Waals surface area contributed by atoms with Gasteiger partial charge in [0.1, 0.15) is 5.76 Å². The van der Waals surface area contributed by atoms with Crippen molar-refractivity contribution >= 4 is 5.91 Å². The van der Waals surface area contributed by atoms with Crippen LogP contribution in [0.2, 0.25) is 0 Å². The molecule has 0 bridgehead atoms. The average Bonchev–Trinajstić information content (AvgIpc) is 3.19. The molecule has 0 radical (unpaired) electrons. The quantitative estimate of drug-likeness (QED) is 0.790. The van der Waals surface area contributed by atoms with Gasteiger partial charge in [0.05, 0.1) is 25.5 Å². The monoisotopic (exact) mass is 356 g/mol. The summed E-state index contributed by atoms with van der Waals surface area (Å²) < 4.78 is 11.0. The Morgan fingerprint density at radius 1 is 1.19 bits per heavy atom. The summed E-state index contributed by atoms with van der Waals surface area (Å²) in [7, 11) is 0. The van der Waals surface area contributed by atoms with Gasteiger partial charge in [0.25, 0.3) is 0 Å². The highest BCUT2D eigenvalue weighted by molar-refractivity contribution is 5.75. The van der Waals surface area contributed by atoms with Crippen LogP contribution in [-0.4, -0.2) is 43.7 Å². The SMILES string of the molecule is Cc1ccc(CCCC(=O)NCC(c2ccco2)N2CCOCC2)cc1. The number of rotatable bonds is 8. The zero-order valence-electron chi connectivity index (χ0n) is 15.4. The summed E-state index contributed by atoms with van der Waals surface area (Å²) in [6.07, 6.45) is 4.02. The minimum Gasteiger partial charge on any atom is -0.468 e. The van der Waals surface area contributed by atoms with Gasteiger partial charge in [-0.05, 0) is 37.5 Å². The Morgan fingerprint density at radius 2 is 1.96 bits per heavy atom. The number of ether oxygens (including phenoxy) is 1. The normalized spacial score (nSPS) is 16.3. The topological polar surface area (TPSA) is 54.7 Å². The Morgan fingerprint density at radius 3 is 2.65 bits per heavy atom. The first-order chi connectivity index (χ1) is 12.7. The third-order valence-corrected chi connectivity index (χ3v) is 4.84. The number of carbonyl (C=O) groups is 1. The van der Waals surface area contributed by atoms with Crippen LogP contribution in [0.5, 0.6) is 0 Å². The maximum atomic E-state index is 12.3. The number of aryl methyl sites for hydroxylation is 2. The molecule has 2 aromatic rings. The molecule has 1 aromatic heterocycles. The highest BCUT2D eigenvalue weighted by atomic mass is 16.5. The van der Waals surface area contributed by atoms with Crippen molar-refractivity contribution in [2.75, 3.05) is 32.8 Å². The molecule has 1 atom stereocenters. The second-order valence-electron chi connectivity index (χ2n) is 6.82. The smallest absolute Gasteiger partial charge is 0.220 e. The van der Waals surface area contributed by atoms with Gasteiger partial charge in [0, 0.05) is 26.1 Å². The van der Waals surface area contributed by atoms with Crippen molar-refractivity contribution in [1.29, 1.82) is 0 Å². The van der Waals surface area contributed by atoms with Gasteiger partial charge in [-0.2, -0.15) is 0 Å². The van der Waals surface area contributed by atoms with E-state index in [1.807, 2.05) is 12.1 Å². The summed E-state index contributed by atoms with van der Waals surface area (Å²) in [5.74, 6) is 0.994. The zero-order valence-corrected chi connectivity index (χ0v) is 15.4. The molecule has 5 nitrogen and oxygen atoms in total. The van der Waals surface area contributed by atoms with Gasteiger partial charge < -0.3 is 14.5 Å². The van der Waals surface area contributed by atoms with Crippen molar-refractivity contribution in [3.05, 3.63) is 59.5 Å². The summed E-state index contributed by atoms with van der Waals surface area (Å²) in [4.78, 5) is 14.6. The van der Waals surface area contributed by atoms with Gasteiger partial charge in [-0.3, -0.25) is 9.69 Å². The molecule has 0 aliphatic carbocycles. The van der Waals surface area contributed by atoms with Crippen LogP contribution in [0.1, 0.15) is 35.8 Å². The van der Waals surface area contributed by atoms with E-state index in [9.17, 15) is 4.79 Å². The molecule has 5 heteroatoms. The number of furan rings is 1. The van der Waals surface area contributed by atoms with Crippen molar-refractivity contribution in [2.24, 2.45) is 0 Å². The number of hydrogen-bond donors (Lipinski definition) is 1. The molecule has 1 N–H and O–H groups in total. The summed E-state index contributed by atoms with van der Waals surface area (Å²) in [5.41, 5.74) is 2.55. The van der Waals surface area contributed by atoms with Crippen LogP contribution in [0, 0.1) is 6.92 Å². The van der Waals surface area contributed by atoms with E-state index in [0.717, 1.165) is 44.9 Å². The maximum absolute atomic E-state index is 12.3. The molecule has 0 spiro atoms. The van der Waals surface area contributed by atoms with Crippen LogP contribution in [0.4, 0.5) is 0 Å². The summed E-state index contributed by atoms with van der Waals surface area (Å²) in [6.45, 7) is 5.81. The van der Waals surface area contributed by atoms with Crippen LogP contribution in [0.15, 0.2) is 47.1 Å². The Balaban J connectivity index is 1.45. The summed E-state index contributed by atoms with van der Waals surface area (Å²) >= 11 is 0. The number of morpholine rings is 1. The lowest BCUT2D eigenvalue weighted by molar-refractivity contribution is -0.121. The molecule has 1 saturated heterocycles. The molecule has 2 heterocycles. The van der Waals surface area contributed by atoms with E-state index in [1.54, 1.807) is 6.26 Å². The predicted molar refractivity (Wildman–Crippen MR) is 101 cm³/mol. The number of nitrogens with zero attached hydrogens (tertiary/aromatic N) is 1. The molecule has 1 fully saturated rings. The standard InChI is InChI=1S/C21H28N2O3/c1-17-7-9-18(10-8-17)4-2-6-21(24)22-16-19(20-5-3-13-26-20)23-11-14-25-15-12-23/h3,5,7-10,13,19H,2,4,6,11-12,14-16H2,1H3,(H,22,24). The van der Waals surface area contributed by atoms with Crippen molar-refractivity contribution in [3.63, 3.8) is 0 Å². The van der Waals surface area contributed by atoms with Gasteiger partial charge in [-0.25, -0.2) is 0 Å². The largest absolute Gasteiger partial charge is 0.468 e. The fraction of sp³-hybridized carbons (Fsp3) is 0.476. The van der Waals surface area contributed by atoms with Crippen LogP contribution < -0.4 is 5.32 Å². The van der Waals surface area contributed by atoms with Gasteiger partial charge in [-0.1, -0.05) is 29.8 Å². The van der Waals surface area contributed by atoms with Crippen molar-refractivity contribution in [1.82, 2.24) is 10.2 Å². The van der Waals surface area contributed by atoms with Gasteiger partial charge >= 0.3 is 0 Å². The second-order valence-corrected chi connectivity index (χ2v) is 6.82. The Bertz CT molecular complexity index is 661. The highest BCUT2D eigenvalue weighted by Crippen LogP contribution is 2.21. The third-order valence-electron chi connectivity index (χ3n) is 4.84. The van der Waals surface area contributed by atoms with Gasteiger partial charge in [-0.15, -0.1) is 0 Å². The summed E-state index contributed by atoms with van der Waals surface area (Å²) in [6, 6.07) is 12.4. The molecule has 1 amide bonds. The lowest BCUT2D eigenvalue weighted by atomic mass is 10.1. The van der Waals surface area contributed by atoms with E-state index in [-0.39, 0.29) is 11.9 Å². The predicted octanol–water partition coefficient (Wildman–Crippen LogP) is 3.10. The van der Waals surface area contributed by atoms with E-state index >= 15 is 0 Å². The molecule has 26 heavy (non-hydrogen) atoms. The Kier molecular flexibility index (Phi) is 6.86. The molecule has 1 unspecified atom stereocenters. The molecule has 1 aliphatic rings. The van der Waals surface area contributed by atoms with Crippen LogP contribution in [-0.2, 0) is 16.0 Å². The molecule has 1 aromatic carbocycles. The van der Waals surface area contributed by atoms with E-state index in [4.69, 9.17) is 9.15 Å². The van der Waals surface area contributed by atoms with Crippen LogP contribution in [0.25, 0.3) is 0 Å². The number of hydrogen-bond acceptors (Lipinski definition) is 4. The molecule has 0 saturated carbocycles. The molecule has 140 valence electrons. The van der Waals surface area contributed by atoms with E-state index in [2.05, 4.69) is 41.4 Å². The number of nitrogens with one attached hydrogen (secondary N) is 1. The van der Waals surface area contributed by atoms with Gasteiger partial charge in [0.15, 0.2) is 0 Å². The maximum Gasteiger partial charge on any atom is 0.220 e. The number of amides is 1. The molecule has 3 rings (SSSR count). The van der Waals surface area contributed by atoms with E-state index < -0.39 is 0 Å². The van der Waals surface area contributed by atoms with Crippen LogP contribution >= 0.6 is 0 Å². The van der Waals surface area contributed by atoms with Crippen LogP contribution in [0.3, 0.4) is 0 Å². The highest BCUT2D eigenvalue weighted by Gasteiger charge is 2.25. The lowest BCUT2D eigenvalue weighted by Crippen LogP contribution is -2.43. The zero-order chi connectivity index (χ0) is 18.2. The van der Waals surface area contributed by atoms with E-state index in [0.29, 0.717) is 13.0 Å². The fourth-order valence-corrected chi connectivity index (χ4v) is 3.29. The molecular formula is C21H28N2O3. The summed E-state index contributed by atoms with van der Waals surface area (Å²) in [5, 5.41) is 3.08. The first-order valence-electron chi connectivity index (χ1n) is 9.40. The first-order valence-corrected chi connectivity index (χ1v) is 9.40. The first kappa shape index (κ1) is 18.7. The third kappa shape index (κ3) is 5.44. The van der Waals surface area contributed by atoms with Crippen molar-refractivity contribution in [2.45, 2.75) is 32.2 Å². The lowest BCUT2D eigenvalue weighted by Gasteiger charge is -2.33. The molecular weight excluding hydrogens is 328 g/mol. The van der Waals surface area contributed by atoms with Gasteiger partial charge in [0.2, 0.25) is 5.91 Å². The van der Waals surface area contributed by atoms with Crippen molar-refractivity contribution < 1.29 is 13.9 Å². The fourth-order valence-electron chi connectivity index (χ4n) is 3.29. The number of benzene rings is 1.